The van der Waals surface area contributed by atoms with Gasteiger partial charge in [-0.25, -0.2) is 0 Å². The molecule has 0 saturated carbocycles. The molecular weight excluding hydrogens is 454 g/mol. The van der Waals surface area contributed by atoms with Gasteiger partial charge in [0, 0.05) is 29.5 Å². The van der Waals surface area contributed by atoms with Crippen LogP contribution in [-0.4, -0.2) is 38.5 Å². The summed E-state index contributed by atoms with van der Waals surface area (Å²) in [6.45, 7) is 0. The topological polar surface area (TPSA) is 112 Å². The number of aromatic nitrogens is 3. The molecule has 0 aliphatic heterocycles. The molecule has 0 fully saturated rings. The third-order valence-electron chi connectivity index (χ3n) is 4.91. The molecule has 9 nitrogen and oxygen atoms in total. The van der Waals surface area contributed by atoms with Gasteiger partial charge in [-0.2, -0.15) is 0 Å². The van der Waals surface area contributed by atoms with Gasteiger partial charge in [-0.3, -0.25) is 19.5 Å². The summed E-state index contributed by atoms with van der Waals surface area (Å²) in [5.41, 5.74) is 1.76. The van der Waals surface area contributed by atoms with Crippen molar-refractivity contribution in [1.82, 2.24) is 14.8 Å². The molecule has 0 bridgehead atoms. The van der Waals surface area contributed by atoms with Gasteiger partial charge < -0.3 is 10.1 Å². The molecule has 3 aromatic carbocycles. The SMILES string of the molecule is COc1cccc(-c2nnc(SCCC(=O)Nc3ccccc3[N+](=O)[O-])n2-c2ccccc2)c1. The molecule has 0 radical (unpaired) electrons. The van der Waals surface area contributed by atoms with Gasteiger partial charge in [0.2, 0.25) is 5.91 Å². The van der Waals surface area contributed by atoms with Crippen LogP contribution >= 0.6 is 11.8 Å². The van der Waals surface area contributed by atoms with E-state index in [1.165, 1.54) is 23.9 Å². The number of hydrogen-bond acceptors (Lipinski definition) is 7. The fraction of sp³-hybridized carbons (Fsp3) is 0.125. The summed E-state index contributed by atoms with van der Waals surface area (Å²) in [6, 6.07) is 23.3. The summed E-state index contributed by atoms with van der Waals surface area (Å²) in [6.07, 6.45) is 0.146. The number of methoxy groups -OCH3 is 1. The van der Waals surface area contributed by atoms with Crippen LogP contribution in [0, 0.1) is 10.1 Å². The second kappa shape index (κ2) is 10.6. The lowest BCUT2D eigenvalue weighted by Crippen LogP contribution is -2.13. The molecule has 4 aromatic rings. The first kappa shape index (κ1) is 23.0. The number of nitrogens with zero attached hydrogens (tertiary/aromatic N) is 4. The number of anilines is 1. The summed E-state index contributed by atoms with van der Waals surface area (Å²) in [4.78, 5) is 23.1. The van der Waals surface area contributed by atoms with Gasteiger partial charge in [0.1, 0.15) is 11.4 Å². The van der Waals surface area contributed by atoms with Crippen LogP contribution in [-0.2, 0) is 4.79 Å². The number of rotatable bonds is 9. The van der Waals surface area contributed by atoms with E-state index >= 15 is 0 Å². The van der Waals surface area contributed by atoms with Crippen LogP contribution < -0.4 is 10.1 Å². The van der Waals surface area contributed by atoms with Crippen molar-refractivity contribution >= 4 is 29.0 Å². The third kappa shape index (κ3) is 5.24. The third-order valence-corrected chi connectivity index (χ3v) is 5.84. The largest absolute Gasteiger partial charge is 0.497 e. The molecule has 1 heterocycles. The summed E-state index contributed by atoms with van der Waals surface area (Å²) < 4.78 is 7.27. The fourth-order valence-corrected chi connectivity index (χ4v) is 4.20. The first-order valence-corrected chi connectivity index (χ1v) is 11.4. The van der Waals surface area contributed by atoms with Crippen molar-refractivity contribution < 1.29 is 14.5 Å². The van der Waals surface area contributed by atoms with Gasteiger partial charge in [0.15, 0.2) is 11.0 Å². The Morgan fingerprint density at radius 3 is 2.59 bits per heavy atom. The van der Waals surface area contributed by atoms with E-state index in [4.69, 9.17) is 4.74 Å². The van der Waals surface area contributed by atoms with E-state index in [0.717, 1.165) is 11.3 Å². The van der Waals surface area contributed by atoms with E-state index in [2.05, 4.69) is 15.5 Å². The number of carbonyl (C=O) groups is 1. The van der Waals surface area contributed by atoms with Crippen LogP contribution in [0.5, 0.6) is 5.75 Å². The summed E-state index contributed by atoms with van der Waals surface area (Å²) in [5, 5.41) is 23.2. The molecule has 0 aliphatic carbocycles. The molecule has 0 saturated heterocycles. The number of ether oxygens (including phenoxy) is 1. The molecule has 172 valence electrons. The number of benzene rings is 3. The van der Waals surface area contributed by atoms with E-state index in [-0.39, 0.29) is 23.7 Å². The van der Waals surface area contributed by atoms with Crippen molar-refractivity contribution in [3.05, 3.63) is 89.0 Å². The number of amides is 1. The molecule has 0 unspecified atom stereocenters. The average Bonchev–Trinajstić information content (AvgIpc) is 3.28. The highest BCUT2D eigenvalue weighted by atomic mass is 32.2. The van der Waals surface area contributed by atoms with Crippen LogP contribution in [0.3, 0.4) is 0 Å². The van der Waals surface area contributed by atoms with E-state index in [0.29, 0.717) is 22.5 Å². The van der Waals surface area contributed by atoms with E-state index in [1.807, 2.05) is 59.2 Å². The Morgan fingerprint density at radius 2 is 1.82 bits per heavy atom. The highest BCUT2D eigenvalue weighted by Gasteiger charge is 2.18. The second-order valence-corrected chi connectivity index (χ2v) is 8.19. The molecule has 1 aromatic heterocycles. The Kier molecular flexibility index (Phi) is 7.19. The Bertz CT molecular complexity index is 1310. The van der Waals surface area contributed by atoms with Crippen LogP contribution in [0.25, 0.3) is 17.1 Å². The van der Waals surface area contributed by atoms with Crippen molar-refractivity contribution in [2.24, 2.45) is 0 Å². The minimum atomic E-state index is -0.521. The highest BCUT2D eigenvalue weighted by molar-refractivity contribution is 7.99. The van der Waals surface area contributed by atoms with Gasteiger partial charge in [-0.1, -0.05) is 54.2 Å². The minimum Gasteiger partial charge on any atom is -0.497 e. The Balaban J connectivity index is 1.52. The van der Waals surface area contributed by atoms with Crippen LogP contribution in [0.15, 0.2) is 84.0 Å². The Hall–Kier alpha value is -4.18. The number of thioether (sulfide) groups is 1. The minimum absolute atomic E-state index is 0.143. The van der Waals surface area contributed by atoms with E-state index < -0.39 is 4.92 Å². The zero-order valence-corrected chi connectivity index (χ0v) is 19.1. The predicted octanol–water partition coefficient (Wildman–Crippen LogP) is 4.97. The maximum absolute atomic E-state index is 12.4. The molecule has 1 amide bonds. The number of carbonyl (C=O) groups excluding carboxylic acids is 1. The molecule has 4 rings (SSSR count). The van der Waals surface area contributed by atoms with Crippen LogP contribution in [0.4, 0.5) is 11.4 Å². The zero-order chi connectivity index (χ0) is 23.9. The van der Waals surface area contributed by atoms with Crippen molar-refractivity contribution in [2.45, 2.75) is 11.6 Å². The van der Waals surface area contributed by atoms with Gasteiger partial charge in [-0.05, 0) is 30.3 Å². The van der Waals surface area contributed by atoms with Crippen LogP contribution in [0.1, 0.15) is 6.42 Å². The maximum atomic E-state index is 12.4. The maximum Gasteiger partial charge on any atom is 0.292 e. The van der Waals surface area contributed by atoms with Gasteiger partial charge in [0.25, 0.3) is 5.69 Å². The second-order valence-electron chi connectivity index (χ2n) is 7.13. The Labute approximate surface area is 199 Å². The Morgan fingerprint density at radius 1 is 1.06 bits per heavy atom. The molecule has 0 atom stereocenters. The summed E-state index contributed by atoms with van der Waals surface area (Å²) >= 11 is 1.38. The smallest absolute Gasteiger partial charge is 0.292 e. The number of para-hydroxylation sites is 3. The van der Waals surface area contributed by atoms with Gasteiger partial charge >= 0.3 is 0 Å². The molecular formula is C24H21N5O4S. The lowest BCUT2D eigenvalue weighted by Gasteiger charge is -2.11. The van der Waals surface area contributed by atoms with E-state index in [1.54, 1.807) is 19.2 Å². The van der Waals surface area contributed by atoms with Crippen molar-refractivity contribution in [1.29, 1.82) is 0 Å². The number of nitro benzene ring substituents is 1. The van der Waals surface area contributed by atoms with Gasteiger partial charge in [-0.15, -0.1) is 10.2 Å². The molecule has 0 aliphatic rings. The number of hydrogen-bond donors (Lipinski definition) is 1. The monoisotopic (exact) mass is 475 g/mol. The zero-order valence-electron chi connectivity index (χ0n) is 18.2. The lowest BCUT2D eigenvalue weighted by molar-refractivity contribution is -0.383. The standard InChI is InChI=1S/C24H21N5O4S/c1-33-19-11-7-8-17(16-19)23-26-27-24(28(23)18-9-3-2-4-10-18)34-15-14-22(30)25-20-12-5-6-13-21(20)29(31)32/h2-13,16H,14-15H2,1H3,(H,25,30). The van der Waals surface area contributed by atoms with Crippen molar-refractivity contribution in [3.8, 4) is 22.8 Å². The molecule has 34 heavy (non-hydrogen) atoms. The lowest BCUT2D eigenvalue weighted by atomic mass is 10.2. The average molecular weight is 476 g/mol. The highest BCUT2D eigenvalue weighted by Crippen LogP contribution is 2.30. The molecule has 10 heteroatoms. The quantitative estimate of drug-likeness (QED) is 0.207. The number of nitro groups is 1. The first-order chi connectivity index (χ1) is 16.6. The summed E-state index contributed by atoms with van der Waals surface area (Å²) in [5.74, 6) is 1.45. The fourth-order valence-electron chi connectivity index (χ4n) is 3.31. The van der Waals surface area contributed by atoms with Crippen LogP contribution in [0.2, 0.25) is 0 Å². The first-order valence-electron chi connectivity index (χ1n) is 10.4. The van der Waals surface area contributed by atoms with E-state index in [9.17, 15) is 14.9 Å². The summed E-state index contributed by atoms with van der Waals surface area (Å²) in [7, 11) is 1.61. The number of nitrogens with one attached hydrogen (secondary N) is 1. The van der Waals surface area contributed by atoms with Crippen molar-refractivity contribution in [2.75, 3.05) is 18.2 Å². The predicted molar refractivity (Wildman–Crippen MR) is 130 cm³/mol. The molecule has 0 spiro atoms. The van der Waals surface area contributed by atoms with Crippen molar-refractivity contribution in [3.63, 3.8) is 0 Å². The normalized spacial score (nSPS) is 10.6. The van der Waals surface area contributed by atoms with Gasteiger partial charge in [0.05, 0.1) is 12.0 Å². The molecule has 1 N–H and O–H groups in total.